The van der Waals surface area contributed by atoms with Crippen LogP contribution >= 0.6 is 0 Å². The number of imide groups is 2. The number of amides is 5. The third-order valence-electron chi connectivity index (χ3n) is 13.1. The molecule has 4 aliphatic heterocycles. The summed E-state index contributed by atoms with van der Waals surface area (Å²) in [5.74, 6) is -0.775. The first-order chi connectivity index (χ1) is 28.4. The van der Waals surface area contributed by atoms with E-state index in [1.165, 1.54) is 0 Å². The number of hydrogen-bond acceptors (Lipinski definition) is 11. The minimum atomic E-state index is -0.982. The number of benzene rings is 3. The number of piperazine rings is 1. The second-order valence-electron chi connectivity index (χ2n) is 16.9. The summed E-state index contributed by atoms with van der Waals surface area (Å²) in [5, 5.41) is 16.1. The molecule has 3 fully saturated rings. The van der Waals surface area contributed by atoms with Crippen molar-refractivity contribution in [3.63, 3.8) is 0 Å². The van der Waals surface area contributed by atoms with E-state index in [-0.39, 0.29) is 47.4 Å². The van der Waals surface area contributed by atoms with Crippen LogP contribution in [0.2, 0.25) is 0 Å². The van der Waals surface area contributed by atoms with Crippen LogP contribution in [0.1, 0.15) is 88.7 Å². The van der Waals surface area contributed by atoms with Crippen molar-refractivity contribution in [3.05, 3.63) is 94.7 Å². The van der Waals surface area contributed by atoms with Crippen molar-refractivity contribution in [2.24, 2.45) is 5.41 Å². The minimum absolute atomic E-state index is 0.0839. The molecule has 4 aromatic rings. The third kappa shape index (κ3) is 6.26. The summed E-state index contributed by atoms with van der Waals surface area (Å²) < 4.78 is 12.6. The Hall–Kier alpha value is -6.33. The monoisotopic (exact) mass is 795 g/mol. The van der Waals surface area contributed by atoms with Gasteiger partial charge in [0.25, 0.3) is 17.7 Å². The molecule has 1 aliphatic carbocycles. The zero-order valence-corrected chi connectivity index (χ0v) is 33.2. The first-order valence-corrected chi connectivity index (χ1v) is 20.3. The molecule has 2 N–H and O–H groups in total. The van der Waals surface area contributed by atoms with Gasteiger partial charge in [-0.15, -0.1) is 0 Å². The van der Waals surface area contributed by atoms with Crippen LogP contribution in [0.5, 0.6) is 11.5 Å². The first kappa shape index (κ1) is 38.2. The van der Waals surface area contributed by atoms with E-state index in [9.17, 15) is 29.2 Å². The average Bonchev–Trinajstić information content (AvgIpc) is 3.49. The van der Waals surface area contributed by atoms with Crippen LogP contribution in [0.25, 0.3) is 10.9 Å². The average molecular weight is 796 g/mol. The Morgan fingerprint density at radius 1 is 0.966 bits per heavy atom. The molecule has 14 heteroatoms. The molecule has 5 aliphatic rings. The molecule has 3 aromatic carbocycles. The second-order valence-corrected chi connectivity index (χ2v) is 16.9. The maximum absolute atomic E-state index is 13.7. The van der Waals surface area contributed by atoms with E-state index in [4.69, 9.17) is 9.47 Å². The van der Waals surface area contributed by atoms with Gasteiger partial charge in [0.2, 0.25) is 11.8 Å². The highest BCUT2D eigenvalue weighted by Gasteiger charge is 2.69. The van der Waals surface area contributed by atoms with Crippen molar-refractivity contribution in [3.8, 4) is 17.6 Å². The molecule has 0 bridgehead atoms. The number of aromatic nitrogens is 1. The van der Waals surface area contributed by atoms with E-state index in [0.29, 0.717) is 34.7 Å². The quantitative estimate of drug-likeness (QED) is 0.173. The minimum Gasteiger partial charge on any atom is -0.494 e. The predicted octanol–water partition coefficient (Wildman–Crippen LogP) is 4.35. The van der Waals surface area contributed by atoms with Crippen molar-refractivity contribution < 1.29 is 33.4 Å². The van der Waals surface area contributed by atoms with E-state index in [0.717, 1.165) is 67.1 Å². The molecule has 1 aromatic heterocycles. The van der Waals surface area contributed by atoms with Crippen molar-refractivity contribution in [1.82, 2.24) is 25.4 Å². The van der Waals surface area contributed by atoms with Gasteiger partial charge >= 0.3 is 0 Å². The largest absolute Gasteiger partial charge is 0.494 e. The van der Waals surface area contributed by atoms with Gasteiger partial charge in [-0.25, -0.2) is 0 Å². The summed E-state index contributed by atoms with van der Waals surface area (Å²) in [6.45, 7) is 11.1. The van der Waals surface area contributed by atoms with Crippen LogP contribution < -0.4 is 25.0 Å². The van der Waals surface area contributed by atoms with Crippen LogP contribution in [0.4, 0.5) is 5.69 Å². The number of piperidine rings is 1. The van der Waals surface area contributed by atoms with Crippen molar-refractivity contribution in [2.75, 3.05) is 44.2 Å². The summed E-state index contributed by atoms with van der Waals surface area (Å²) in [6, 6.07) is 19.1. The van der Waals surface area contributed by atoms with Gasteiger partial charge in [0, 0.05) is 60.8 Å². The highest BCUT2D eigenvalue weighted by molar-refractivity contribution is 6.23. The van der Waals surface area contributed by atoms with Gasteiger partial charge in [-0.05, 0) is 99.0 Å². The SMILES string of the molecule is CC1(C)C(NC(=O)c2ccc(OCCCCN3CCN(c4ccc5c(c4)C(=O)N(C4CCC(=O)NC4=O)C5=O)CC3)cc2)C2(C)c3ccnc4c(C#N)ccc(c34)O[C@@H]12. The van der Waals surface area contributed by atoms with E-state index in [1.54, 1.807) is 36.5 Å². The van der Waals surface area contributed by atoms with E-state index in [2.05, 4.69) is 52.3 Å². The number of carbonyl (C=O) groups excluding carboxylic acids is 5. The van der Waals surface area contributed by atoms with Crippen LogP contribution in [0.15, 0.2) is 66.9 Å². The second kappa shape index (κ2) is 14.5. The highest BCUT2D eigenvalue weighted by atomic mass is 16.5. The summed E-state index contributed by atoms with van der Waals surface area (Å²) in [4.78, 5) is 74.1. The third-order valence-corrected chi connectivity index (χ3v) is 13.1. The molecule has 1 saturated carbocycles. The Morgan fingerprint density at radius 2 is 1.73 bits per heavy atom. The fourth-order valence-corrected chi connectivity index (χ4v) is 10.1. The summed E-state index contributed by atoms with van der Waals surface area (Å²) in [7, 11) is 0. The number of nitrogens with zero attached hydrogens (tertiary/aromatic N) is 5. The molecule has 4 atom stereocenters. The van der Waals surface area contributed by atoms with Crippen LogP contribution in [0.3, 0.4) is 0 Å². The number of unbranched alkanes of at least 4 members (excludes halogenated alkanes) is 1. The summed E-state index contributed by atoms with van der Waals surface area (Å²) >= 11 is 0. The van der Waals surface area contributed by atoms with Gasteiger partial charge in [0.05, 0.1) is 40.3 Å². The lowest BCUT2D eigenvalue weighted by molar-refractivity contribution is -0.136. The number of ether oxygens (including phenoxy) is 2. The number of nitrogens with one attached hydrogen (secondary N) is 2. The number of carbonyl (C=O) groups is 5. The number of pyridine rings is 1. The molecule has 5 amide bonds. The van der Waals surface area contributed by atoms with Crippen LogP contribution in [-0.4, -0.2) is 102 Å². The lowest BCUT2D eigenvalue weighted by Gasteiger charge is -2.66. The number of fused-ring (bicyclic) bond motifs is 3. The summed E-state index contributed by atoms with van der Waals surface area (Å²) in [6.07, 6.45) is 3.60. The maximum Gasteiger partial charge on any atom is 0.262 e. The van der Waals surface area contributed by atoms with Gasteiger partial charge in [-0.2, -0.15) is 5.26 Å². The topological polar surface area (TPSA) is 174 Å². The van der Waals surface area contributed by atoms with Crippen molar-refractivity contribution in [2.45, 2.75) is 70.1 Å². The molecule has 9 rings (SSSR count). The van der Waals surface area contributed by atoms with Gasteiger partial charge < -0.3 is 19.7 Å². The Balaban J connectivity index is 0.734. The Kier molecular flexibility index (Phi) is 9.38. The van der Waals surface area contributed by atoms with Gasteiger partial charge in [-0.3, -0.25) is 44.1 Å². The molecule has 2 saturated heterocycles. The number of hydrogen-bond donors (Lipinski definition) is 2. The van der Waals surface area contributed by atoms with E-state index < -0.39 is 35.1 Å². The standard InChI is InChI=1S/C45H45N7O7/c1-44(2)42(45(3)32-16-17-47-37-27(25-46)8-14-34(36(32)37)59-43(44)45)49-38(54)26-6-10-29(11-7-26)58-23-5-4-18-50-19-21-51(22-20-50)28-9-12-30-31(24-28)41(57)52(40(30)56)33-13-15-35(53)48-39(33)55/h6-12,14,16-17,24,33,42-43H,4-5,13,15,18-23H2,1-3H3,(H,49,54)(H,48,53,55)/t33?,42?,43-,45?/m0/s1. The Bertz CT molecular complexity index is 2470. The zero-order chi connectivity index (χ0) is 41.2. The number of nitriles is 1. The molecule has 302 valence electrons. The lowest BCUT2D eigenvalue weighted by Crippen LogP contribution is -2.78. The number of anilines is 1. The van der Waals surface area contributed by atoms with Gasteiger partial charge in [0.1, 0.15) is 29.7 Å². The molecule has 0 spiro atoms. The first-order valence-electron chi connectivity index (χ1n) is 20.3. The fraction of sp³-hybridized carbons (Fsp3) is 0.400. The number of rotatable bonds is 10. The van der Waals surface area contributed by atoms with Gasteiger partial charge in [-0.1, -0.05) is 13.8 Å². The molecule has 59 heavy (non-hydrogen) atoms. The van der Waals surface area contributed by atoms with Crippen LogP contribution in [-0.2, 0) is 15.0 Å². The normalized spacial score (nSPS) is 24.4. The molecular formula is C45H45N7O7. The van der Waals surface area contributed by atoms with Crippen molar-refractivity contribution >= 4 is 46.1 Å². The predicted molar refractivity (Wildman–Crippen MR) is 216 cm³/mol. The molecule has 3 unspecified atom stereocenters. The molecule has 5 heterocycles. The zero-order valence-electron chi connectivity index (χ0n) is 33.2. The highest BCUT2D eigenvalue weighted by Crippen LogP contribution is 2.61. The lowest BCUT2D eigenvalue weighted by atomic mass is 9.45. The fourth-order valence-electron chi connectivity index (χ4n) is 10.1. The molecule has 0 radical (unpaired) electrons. The smallest absolute Gasteiger partial charge is 0.262 e. The van der Waals surface area contributed by atoms with E-state index >= 15 is 0 Å². The Labute approximate surface area is 341 Å². The molecular weight excluding hydrogens is 751 g/mol. The van der Waals surface area contributed by atoms with E-state index in [1.807, 2.05) is 30.3 Å². The Morgan fingerprint density at radius 3 is 2.47 bits per heavy atom. The van der Waals surface area contributed by atoms with Crippen molar-refractivity contribution in [1.29, 1.82) is 5.26 Å². The summed E-state index contributed by atoms with van der Waals surface area (Å²) in [5.41, 5.74) is 3.22. The molecule has 14 nitrogen and oxygen atoms in total. The van der Waals surface area contributed by atoms with Gasteiger partial charge in [0.15, 0.2) is 0 Å². The maximum atomic E-state index is 13.7. The van der Waals surface area contributed by atoms with Crippen LogP contribution in [0, 0.1) is 16.7 Å².